The average Bonchev–Trinajstić information content (AvgIpc) is 2.46. The molecule has 0 unspecified atom stereocenters. The third-order valence-corrected chi connectivity index (χ3v) is 5.26. The molecule has 2 aromatic carbocycles. The van der Waals surface area contributed by atoms with E-state index >= 15 is 0 Å². The molecule has 2 rings (SSSR count). The van der Waals surface area contributed by atoms with Crippen molar-refractivity contribution in [3.05, 3.63) is 53.6 Å². The van der Waals surface area contributed by atoms with Gasteiger partial charge in [0.2, 0.25) is 15.9 Å². The number of aryl methyl sites for hydroxylation is 2. The molecule has 7 heteroatoms. The van der Waals surface area contributed by atoms with Gasteiger partial charge in [0.05, 0.1) is 10.6 Å². The molecule has 0 atom stereocenters. The molecule has 122 valence electrons. The largest absolute Gasteiger partial charge is 0.325 e. The number of benzene rings is 2. The summed E-state index contributed by atoms with van der Waals surface area (Å²) in [6, 6.07) is 11.8. The summed E-state index contributed by atoms with van der Waals surface area (Å²) < 4.78 is 22.3. The van der Waals surface area contributed by atoms with Crippen LogP contribution in [0.4, 0.5) is 5.69 Å². The van der Waals surface area contributed by atoms with Crippen LogP contribution in [0.25, 0.3) is 0 Å². The Balaban J connectivity index is 1.94. The number of carbonyl (C=O) groups is 1. The molecule has 0 aromatic heterocycles. The molecular weight excluding hydrogens is 332 g/mol. The second-order valence-electron chi connectivity index (χ2n) is 5.18. The first-order valence-electron chi connectivity index (χ1n) is 6.88. The van der Waals surface area contributed by atoms with Gasteiger partial charge < -0.3 is 5.32 Å². The highest BCUT2D eigenvalue weighted by Gasteiger charge is 2.09. The summed E-state index contributed by atoms with van der Waals surface area (Å²) in [5.74, 6) is 0.124. The number of anilines is 1. The SMILES string of the molecule is Cc1ccc(SCC(=O)Nc2ccc(S(N)(=O)=O)cc2)c(C)c1. The Morgan fingerprint density at radius 1 is 1.13 bits per heavy atom. The van der Waals surface area contributed by atoms with E-state index in [9.17, 15) is 13.2 Å². The van der Waals surface area contributed by atoms with Crippen LogP contribution in [0.15, 0.2) is 52.3 Å². The van der Waals surface area contributed by atoms with E-state index in [0.29, 0.717) is 5.69 Å². The van der Waals surface area contributed by atoms with Crippen LogP contribution in [0, 0.1) is 13.8 Å². The lowest BCUT2D eigenvalue weighted by atomic mass is 10.2. The zero-order valence-electron chi connectivity index (χ0n) is 12.9. The van der Waals surface area contributed by atoms with Crippen molar-refractivity contribution in [2.75, 3.05) is 11.1 Å². The van der Waals surface area contributed by atoms with Crippen molar-refractivity contribution < 1.29 is 13.2 Å². The van der Waals surface area contributed by atoms with E-state index in [1.807, 2.05) is 26.0 Å². The number of thioether (sulfide) groups is 1. The van der Waals surface area contributed by atoms with Crippen LogP contribution in [-0.4, -0.2) is 20.1 Å². The van der Waals surface area contributed by atoms with Gasteiger partial charge >= 0.3 is 0 Å². The van der Waals surface area contributed by atoms with Crippen LogP contribution in [0.1, 0.15) is 11.1 Å². The van der Waals surface area contributed by atoms with Gasteiger partial charge in [0, 0.05) is 10.6 Å². The Bertz CT molecular complexity index is 816. The van der Waals surface area contributed by atoms with Crippen molar-refractivity contribution in [1.82, 2.24) is 0 Å². The predicted octanol–water partition coefficient (Wildman–Crippen LogP) is 2.68. The highest BCUT2D eigenvalue weighted by Crippen LogP contribution is 2.23. The molecule has 0 heterocycles. The van der Waals surface area contributed by atoms with E-state index in [1.54, 1.807) is 0 Å². The fourth-order valence-corrected chi connectivity index (χ4v) is 3.35. The lowest BCUT2D eigenvalue weighted by Gasteiger charge is -2.08. The number of carbonyl (C=O) groups excluding carboxylic acids is 1. The first-order valence-corrected chi connectivity index (χ1v) is 9.41. The number of sulfonamides is 1. The van der Waals surface area contributed by atoms with E-state index in [-0.39, 0.29) is 16.6 Å². The maximum atomic E-state index is 12.0. The van der Waals surface area contributed by atoms with Crippen molar-refractivity contribution in [2.45, 2.75) is 23.6 Å². The molecule has 5 nitrogen and oxygen atoms in total. The molecule has 0 saturated heterocycles. The molecule has 23 heavy (non-hydrogen) atoms. The minimum atomic E-state index is -3.72. The summed E-state index contributed by atoms with van der Waals surface area (Å²) >= 11 is 1.46. The number of hydrogen-bond donors (Lipinski definition) is 2. The smallest absolute Gasteiger partial charge is 0.238 e. The number of rotatable bonds is 5. The predicted molar refractivity (Wildman–Crippen MR) is 93.1 cm³/mol. The van der Waals surface area contributed by atoms with Crippen LogP contribution in [-0.2, 0) is 14.8 Å². The van der Waals surface area contributed by atoms with Crippen LogP contribution in [0.3, 0.4) is 0 Å². The van der Waals surface area contributed by atoms with Crippen molar-refractivity contribution >= 4 is 33.4 Å². The summed E-state index contributed by atoms with van der Waals surface area (Å²) in [5.41, 5.74) is 2.86. The van der Waals surface area contributed by atoms with Gasteiger partial charge in [-0.15, -0.1) is 11.8 Å². The third kappa shape index (κ3) is 5.09. The normalized spacial score (nSPS) is 11.3. The van der Waals surface area contributed by atoms with Gasteiger partial charge in [-0.3, -0.25) is 4.79 Å². The first-order chi connectivity index (χ1) is 10.8. The fraction of sp³-hybridized carbons (Fsp3) is 0.188. The molecule has 0 bridgehead atoms. The van der Waals surface area contributed by atoms with Crippen LogP contribution in [0.2, 0.25) is 0 Å². The van der Waals surface area contributed by atoms with Crippen LogP contribution >= 0.6 is 11.8 Å². The van der Waals surface area contributed by atoms with Crippen molar-refractivity contribution in [3.8, 4) is 0 Å². The Morgan fingerprint density at radius 2 is 1.78 bits per heavy atom. The van der Waals surface area contributed by atoms with E-state index in [0.717, 1.165) is 10.5 Å². The second kappa shape index (κ2) is 7.16. The Hall–Kier alpha value is -1.83. The van der Waals surface area contributed by atoms with Gasteiger partial charge in [-0.25, -0.2) is 13.6 Å². The molecular formula is C16H18N2O3S2. The van der Waals surface area contributed by atoms with Gasteiger partial charge in [-0.2, -0.15) is 0 Å². The van der Waals surface area contributed by atoms with E-state index in [2.05, 4.69) is 11.4 Å². The van der Waals surface area contributed by atoms with Gasteiger partial charge in [0.1, 0.15) is 0 Å². The molecule has 1 amide bonds. The molecule has 0 saturated carbocycles. The van der Waals surface area contributed by atoms with Crippen LogP contribution < -0.4 is 10.5 Å². The molecule has 2 aromatic rings. The zero-order chi connectivity index (χ0) is 17.0. The second-order valence-corrected chi connectivity index (χ2v) is 7.75. The van der Waals surface area contributed by atoms with Crippen molar-refractivity contribution in [3.63, 3.8) is 0 Å². The van der Waals surface area contributed by atoms with E-state index < -0.39 is 10.0 Å². The molecule has 0 aliphatic heterocycles. The number of primary sulfonamides is 1. The summed E-state index contributed by atoms with van der Waals surface area (Å²) in [6.45, 7) is 4.04. The topological polar surface area (TPSA) is 89.3 Å². The number of amides is 1. The first kappa shape index (κ1) is 17.5. The Labute approximate surface area is 140 Å². The molecule has 0 radical (unpaired) electrons. The standard InChI is InChI=1S/C16H18N2O3S2/c1-11-3-8-15(12(2)9-11)22-10-16(19)18-13-4-6-14(7-5-13)23(17,20)21/h3-9H,10H2,1-2H3,(H,18,19)(H2,17,20,21). The van der Waals surface area contributed by atoms with E-state index in [1.165, 1.54) is 41.6 Å². The maximum absolute atomic E-state index is 12.0. The van der Waals surface area contributed by atoms with Gasteiger partial charge in [-0.05, 0) is 49.7 Å². The number of hydrogen-bond acceptors (Lipinski definition) is 4. The molecule has 0 aliphatic carbocycles. The minimum Gasteiger partial charge on any atom is -0.325 e. The van der Waals surface area contributed by atoms with Crippen LogP contribution in [0.5, 0.6) is 0 Å². The lowest BCUT2D eigenvalue weighted by Crippen LogP contribution is -2.15. The average molecular weight is 350 g/mol. The quantitative estimate of drug-likeness (QED) is 0.811. The fourth-order valence-electron chi connectivity index (χ4n) is 2.03. The summed E-state index contributed by atoms with van der Waals surface area (Å²) in [6.07, 6.45) is 0. The zero-order valence-corrected chi connectivity index (χ0v) is 14.5. The van der Waals surface area contributed by atoms with Gasteiger partial charge in [0.25, 0.3) is 0 Å². The summed E-state index contributed by atoms with van der Waals surface area (Å²) in [4.78, 5) is 13.1. The minimum absolute atomic E-state index is 0.0140. The highest BCUT2D eigenvalue weighted by atomic mass is 32.2. The third-order valence-electron chi connectivity index (χ3n) is 3.16. The van der Waals surface area contributed by atoms with E-state index in [4.69, 9.17) is 5.14 Å². The Morgan fingerprint density at radius 3 is 2.35 bits per heavy atom. The van der Waals surface area contributed by atoms with Crippen molar-refractivity contribution in [2.24, 2.45) is 5.14 Å². The maximum Gasteiger partial charge on any atom is 0.238 e. The van der Waals surface area contributed by atoms with Gasteiger partial charge in [-0.1, -0.05) is 17.7 Å². The Kier molecular flexibility index (Phi) is 5.46. The molecule has 0 fully saturated rings. The summed E-state index contributed by atoms with van der Waals surface area (Å²) in [5, 5.41) is 7.75. The highest BCUT2D eigenvalue weighted by molar-refractivity contribution is 8.00. The molecule has 0 aliphatic rings. The summed E-state index contributed by atoms with van der Waals surface area (Å²) in [7, 11) is -3.72. The lowest BCUT2D eigenvalue weighted by molar-refractivity contribution is -0.113. The molecule has 3 N–H and O–H groups in total. The molecule has 0 spiro atoms. The monoisotopic (exact) mass is 350 g/mol. The van der Waals surface area contributed by atoms with Crippen molar-refractivity contribution in [1.29, 1.82) is 0 Å². The number of nitrogens with two attached hydrogens (primary N) is 1. The van der Waals surface area contributed by atoms with Gasteiger partial charge in [0.15, 0.2) is 0 Å². The number of nitrogens with one attached hydrogen (secondary N) is 1.